The smallest absolute Gasteiger partial charge is 0.335 e. The van der Waals surface area contributed by atoms with Crippen LogP contribution >= 0.6 is 0 Å². The van der Waals surface area contributed by atoms with Gasteiger partial charge in [0.05, 0.1) is 5.56 Å². The standard InChI is InChI=1S/C27H26O4/c28-25-11-5-9-22-17-26(31-18-20-6-2-1-3-7-20)23(16-24(22)25)10-4-8-19-12-14-21(15-13-19)27(29)30/h1-3,6-7,12-17H,4-5,8-11,18H2,(H,29,30). The van der Waals surface area contributed by atoms with E-state index in [9.17, 15) is 9.59 Å². The number of fused-ring (bicyclic) bond motifs is 1. The Morgan fingerprint density at radius 2 is 1.68 bits per heavy atom. The topological polar surface area (TPSA) is 63.6 Å². The molecule has 0 unspecified atom stereocenters. The molecule has 1 aliphatic carbocycles. The molecule has 0 atom stereocenters. The first-order valence-electron chi connectivity index (χ1n) is 10.8. The van der Waals surface area contributed by atoms with Crippen LogP contribution in [0, 0.1) is 0 Å². The second-order valence-electron chi connectivity index (χ2n) is 8.02. The third-order valence-corrected chi connectivity index (χ3v) is 5.79. The van der Waals surface area contributed by atoms with Gasteiger partial charge >= 0.3 is 5.97 Å². The normalized spacial score (nSPS) is 13.0. The number of aryl methyl sites for hydroxylation is 3. The van der Waals surface area contributed by atoms with Crippen molar-refractivity contribution in [1.82, 2.24) is 0 Å². The molecule has 0 amide bonds. The largest absolute Gasteiger partial charge is 0.489 e. The molecule has 158 valence electrons. The molecule has 4 nitrogen and oxygen atoms in total. The van der Waals surface area contributed by atoms with Crippen LogP contribution in [0.1, 0.15) is 62.2 Å². The number of aromatic carboxylic acids is 1. The van der Waals surface area contributed by atoms with Gasteiger partial charge in [0.1, 0.15) is 12.4 Å². The zero-order valence-electron chi connectivity index (χ0n) is 17.5. The van der Waals surface area contributed by atoms with Crippen LogP contribution < -0.4 is 4.74 Å². The highest BCUT2D eigenvalue weighted by Gasteiger charge is 2.20. The zero-order valence-corrected chi connectivity index (χ0v) is 17.5. The molecule has 0 aliphatic heterocycles. The quantitative estimate of drug-likeness (QED) is 0.517. The van der Waals surface area contributed by atoms with Crippen molar-refractivity contribution in [2.24, 2.45) is 0 Å². The minimum atomic E-state index is -0.912. The van der Waals surface area contributed by atoms with Crippen molar-refractivity contribution in [3.8, 4) is 5.75 Å². The minimum absolute atomic E-state index is 0.223. The fraction of sp³-hybridized carbons (Fsp3) is 0.259. The van der Waals surface area contributed by atoms with E-state index in [4.69, 9.17) is 9.84 Å². The molecule has 4 rings (SSSR count). The van der Waals surface area contributed by atoms with Gasteiger partial charge in [-0.25, -0.2) is 4.79 Å². The van der Waals surface area contributed by atoms with Crippen LogP contribution in [0.25, 0.3) is 0 Å². The lowest BCUT2D eigenvalue weighted by Crippen LogP contribution is -2.12. The maximum atomic E-state index is 12.4. The third-order valence-electron chi connectivity index (χ3n) is 5.79. The van der Waals surface area contributed by atoms with E-state index in [0.717, 1.165) is 65.7 Å². The van der Waals surface area contributed by atoms with Crippen molar-refractivity contribution < 1.29 is 19.4 Å². The average Bonchev–Trinajstić information content (AvgIpc) is 2.79. The number of Topliss-reactive ketones (excluding diaryl/α,β-unsaturated/α-hetero) is 1. The van der Waals surface area contributed by atoms with Crippen LogP contribution in [0.4, 0.5) is 0 Å². The van der Waals surface area contributed by atoms with E-state index in [1.165, 1.54) is 0 Å². The van der Waals surface area contributed by atoms with Gasteiger partial charge in [-0.15, -0.1) is 0 Å². The summed E-state index contributed by atoms with van der Waals surface area (Å²) in [6, 6.07) is 21.2. The number of hydrogen-bond donors (Lipinski definition) is 1. The van der Waals surface area contributed by atoms with Gasteiger partial charge in [-0.3, -0.25) is 4.79 Å². The molecule has 0 heterocycles. The molecule has 0 saturated heterocycles. The van der Waals surface area contributed by atoms with Crippen LogP contribution in [0.15, 0.2) is 66.7 Å². The summed E-state index contributed by atoms with van der Waals surface area (Å²) in [7, 11) is 0. The molecule has 0 fully saturated rings. The summed E-state index contributed by atoms with van der Waals surface area (Å²) in [4.78, 5) is 23.4. The Labute approximate surface area is 182 Å². The first-order valence-corrected chi connectivity index (χ1v) is 10.8. The van der Waals surface area contributed by atoms with Crippen LogP contribution in [0.2, 0.25) is 0 Å². The Morgan fingerprint density at radius 3 is 2.42 bits per heavy atom. The first-order chi connectivity index (χ1) is 15.1. The number of carboxylic acids is 1. The van der Waals surface area contributed by atoms with Crippen molar-refractivity contribution in [3.05, 3.63) is 100 Å². The zero-order chi connectivity index (χ0) is 21.6. The molecule has 0 radical (unpaired) electrons. The van der Waals surface area contributed by atoms with Crippen molar-refractivity contribution in [3.63, 3.8) is 0 Å². The Morgan fingerprint density at radius 1 is 0.903 bits per heavy atom. The van der Waals surface area contributed by atoms with Gasteiger partial charge in [0.2, 0.25) is 0 Å². The molecule has 0 spiro atoms. The highest BCUT2D eigenvalue weighted by molar-refractivity contribution is 5.98. The number of ketones is 1. The maximum Gasteiger partial charge on any atom is 0.335 e. The number of hydrogen-bond acceptors (Lipinski definition) is 3. The Hall–Kier alpha value is -3.40. The molecule has 3 aromatic rings. The summed E-state index contributed by atoms with van der Waals surface area (Å²) in [5, 5.41) is 9.04. The van der Waals surface area contributed by atoms with Crippen molar-refractivity contribution in [2.75, 3.05) is 0 Å². The summed E-state index contributed by atoms with van der Waals surface area (Å²) in [6.45, 7) is 0.497. The van der Waals surface area contributed by atoms with Crippen LogP contribution in [0.5, 0.6) is 5.75 Å². The number of carboxylic acid groups (broad SMARTS) is 1. The van der Waals surface area contributed by atoms with E-state index in [0.29, 0.717) is 18.6 Å². The third kappa shape index (κ3) is 5.21. The molecule has 0 aromatic heterocycles. The predicted octanol–water partition coefficient (Wildman–Crippen LogP) is 5.66. The van der Waals surface area contributed by atoms with Gasteiger partial charge in [-0.2, -0.15) is 0 Å². The Balaban J connectivity index is 1.49. The second kappa shape index (κ2) is 9.61. The highest BCUT2D eigenvalue weighted by Crippen LogP contribution is 2.31. The van der Waals surface area contributed by atoms with E-state index in [-0.39, 0.29) is 5.78 Å². The summed E-state index contributed by atoms with van der Waals surface area (Å²) in [5.74, 6) is 0.172. The summed E-state index contributed by atoms with van der Waals surface area (Å²) < 4.78 is 6.19. The van der Waals surface area contributed by atoms with Gasteiger partial charge in [-0.1, -0.05) is 42.5 Å². The molecule has 0 bridgehead atoms. The molecule has 1 aliphatic rings. The molecule has 0 saturated carbocycles. The maximum absolute atomic E-state index is 12.4. The predicted molar refractivity (Wildman–Crippen MR) is 120 cm³/mol. The Bertz CT molecular complexity index is 1070. The summed E-state index contributed by atoms with van der Waals surface area (Å²) in [6.07, 6.45) is 4.96. The summed E-state index contributed by atoms with van der Waals surface area (Å²) in [5.41, 5.74) is 5.51. The number of carbonyl (C=O) groups is 2. The fourth-order valence-corrected chi connectivity index (χ4v) is 4.07. The number of ether oxygens (including phenoxy) is 1. The van der Waals surface area contributed by atoms with Gasteiger partial charge in [0.25, 0.3) is 0 Å². The van der Waals surface area contributed by atoms with Crippen molar-refractivity contribution in [2.45, 2.75) is 45.1 Å². The van der Waals surface area contributed by atoms with E-state index in [1.54, 1.807) is 12.1 Å². The number of benzene rings is 3. The lowest BCUT2D eigenvalue weighted by atomic mass is 9.88. The first kappa shape index (κ1) is 20.9. The average molecular weight is 415 g/mol. The Kier molecular flexibility index (Phi) is 6.46. The second-order valence-corrected chi connectivity index (χ2v) is 8.02. The van der Waals surface area contributed by atoms with Gasteiger partial charge in [-0.05, 0) is 78.6 Å². The molecule has 1 N–H and O–H groups in total. The SMILES string of the molecule is O=C(O)c1ccc(CCCc2cc3c(cc2OCc2ccccc2)CCCC3=O)cc1. The van der Waals surface area contributed by atoms with Gasteiger partial charge < -0.3 is 9.84 Å². The lowest BCUT2D eigenvalue weighted by Gasteiger charge is -2.19. The monoisotopic (exact) mass is 414 g/mol. The van der Waals surface area contributed by atoms with E-state index >= 15 is 0 Å². The lowest BCUT2D eigenvalue weighted by molar-refractivity contribution is 0.0696. The molecular formula is C27H26O4. The van der Waals surface area contributed by atoms with Gasteiger partial charge in [0, 0.05) is 12.0 Å². The van der Waals surface area contributed by atoms with E-state index < -0.39 is 5.97 Å². The van der Waals surface area contributed by atoms with E-state index in [1.807, 2.05) is 48.5 Å². The number of carbonyl (C=O) groups excluding carboxylic acids is 1. The van der Waals surface area contributed by atoms with Gasteiger partial charge in [0.15, 0.2) is 5.78 Å². The molecular weight excluding hydrogens is 388 g/mol. The minimum Gasteiger partial charge on any atom is -0.489 e. The van der Waals surface area contributed by atoms with Crippen molar-refractivity contribution >= 4 is 11.8 Å². The van der Waals surface area contributed by atoms with Crippen LogP contribution in [-0.2, 0) is 25.9 Å². The van der Waals surface area contributed by atoms with Crippen LogP contribution in [-0.4, -0.2) is 16.9 Å². The van der Waals surface area contributed by atoms with E-state index in [2.05, 4.69) is 6.07 Å². The highest BCUT2D eigenvalue weighted by atomic mass is 16.5. The number of rotatable bonds is 8. The summed E-state index contributed by atoms with van der Waals surface area (Å²) >= 11 is 0. The molecule has 31 heavy (non-hydrogen) atoms. The molecule has 3 aromatic carbocycles. The molecule has 4 heteroatoms. The van der Waals surface area contributed by atoms with Crippen LogP contribution in [0.3, 0.4) is 0 Å². The van der Waals surface area contributed by atoms with Crippen molar-refractivity contribution in [1.29, 1.82) is 0 Å². The fourth-order valence-electron chi connectivity index (χ4n) is 4.07.